The van der Waals surface area contributed by atoms with Crippen molar-refractivity contribution in [2.75, 3.05) is 20.2 Å². The quantitative estimate of drug-likeness (QED) is 0.377. The number of hydrogen-bond donors (Lipinski definition) is 3. The minimum Gasteiger partial charge on any atom is -0.396 e. The lowest BCUT2D eigenvalue weighted by atomic mass is 9.69. The molecular weight excluding hydrogens is 370 g/mol. The molecule has 0 radical (unpaired) electrons. The van der Waals surface area contributed by atoms with Gasteiger partial charge in [-0.2, -0.15) is 0 Å². The van der Waals surface area contributed by atoms with Crippen molar-refractivity contribution in [1.29, 1.82) is 0 Å². The number of carbonyl (C=O) groups excluding carboxylic acids is 3. The van der Waals surface area contributed by atoms with Gasteiger partial charge in [-0.25, -0.2) is 0 Å². The van der Waals surface area contributed by atoms with E-state index in [1.165, 1.54) is 0 Å². The molecule has 1 aliphatic heterocycles. The number of hydrogen-bond acceptors (Lipinski definition) is 4. The van der Waals surface area contributed by atoms with Crippen LogP contribution in [-0.4, -0.2) is 60.0 Å². The maximum absolute atomic E-state index is 13.4. The Morgan fingerprint density at radius 1 is 1.14 bits per heavy atom. The van der Waals surface area contributed by atoms with E-state index >= 15 is 0 Å². The summed E-state index contributed by atoms with van der Waals surface area (Å²) in [5.41, 5.74) is 0. The van der Waals surface area contributed by atoms with Gasteiger partial charge in [0.15, 0.2) is 0 Å². The minimum atomic E-state index is -0.575. The van der Waals surface area contributed by atoms with Crippen LogP contribution in [0, 0.1) is 23.7 Å². The second-order valence-electron chi connectivity index (χ2n) is 8.48. The average Bonchev–Trinajstić information content (AvgIpc) is 2.98. The number of aliphatic hydroxyl groups is 1. The van der Waals surface area contributed by atoms with Gasteiger partial charge in [0.25, 0.3) is 0 Å². The lowest BCUT2D eigenvalue weighted by Gasteiger charge is -2.33. The molecule has 0 aromatic rings. The minimum absolute atomic E-state index is 0.00142. The molecular formula is C22H37N3O4. The molecule has 1 saturated heterocycles. The van der Waals surface area contributed by atoms with Gasteiger partial charge in [0.05, 0.1) is 11.8 Å². The molecule has 1 heterocycles. The summed E-state index contributed by atoms with van der Waals surface area (Å²) in [7, 11) is 1.60. The number of unbranched alkanes of at least 4 members (excludes halogenated alkanes) is 3. The molecule has 7 heteroatoms. The summed E-state index contributed by atoms with van der Waals surface area (Å²) in [5, 5.41) is 14.6. The van der Waals surface area contributed by atoms with Crippen LogP contribution in [0.1, 0.15) is 52.9 Å². The normalized spacial score (nSPS) is 28.6. The highest BCUT2D eigenvalue weighted by atomic mass is 16.3. The van der Waals surface area contributed by atoms with Crippen LogP contribution >= 0.6 is 0 Å². The van der Waals surface area contributed by atoms with Gasteiger partial charge in [0.1, 0.15) is 6.04 Å². The molecule has 29 heavy (non-hydrogen) atoms. The van der Waals surface area contributed by atoms with Crippen LogP contribution in [0.4, 0.5) is 0 Å². The topological polar surface area (TPSA) is 98.7 Å². The summed E-state index contributed by atoms with van der Waals surface area (Å²) >= 11 is 0. The molecule has 0 aromatic heterocycles. The van der Waals surface area contributed by atoms with Crippen molar-refractivity contribution in [3.05, 3.63) is 12.2 Å². The molecule has 3 amide bonds. The Labute approximate surface area is 174 Å². The third-order valence-corrected chi connectivity index (χ3v) is 6.14. The highest BCUT2D eigenvalue weighted by Crippen LogP contribution is 2.44. The molecule has 164 valence electrons. The van der Waals surface area contributed by atoms with Crippen LogP contribution in [0.5, 0.6) is 0 Å². The largest absolute Gasteiger partial charge is 0.396 e. The van der Waals surface area contributed by atoms with Crippen molar-refractivity contribution >= 4 is 17.7 Å². The van der Waals surface area contributed by atoms with Crippen molar-refractivity contribution in [3.63, 3.8) is 0 Å². The molecule has 1 aliphatic carbocycles. The third-order valence-electron chi connectivity index (χ3n) is 6.14. The number of amides is 3. The van der Waals surface area contributed by atoms with E-state index in [1.807, 2.05) is 32.9 Å². The summed E-state index contributed by atoms with van der Waals surface area (Å²) in [6, 6.07) is -0.595. The van der Waals surface area contributed by atoms with E-state index in [0.29, 0.717) is 6.54 Å². The van der Waals surface area contributed by atoms with Crippen LogP contribution in [0.25, 0.3) is 0 Å². The predicted octanol–water partition coefficient (Wildman–Crippen LogP) is 1.47. The van der Waals surface area contributed by atoms with Gasteiger partial charge < -0.3 is 20.6 Å². The Hall–Kier alpha value is -1.89. The fourth-order valence-electron chi connectivity index (χ4n) is 4.77. The van der Waals surface area contributed by atoms with Crippen molar-refractivity contribution in [2.45, 2.75) is 65.0 Å². The van der Waals surface area contributed by atoms with Crippen LogP contribution in [0.15, 0.2) is 12.2 Å². The molecule has 2 rings (SSSR count). The number of fused-ring (bicyclic) bond motifs is 1. The van der Waals surface area contributed by atoms with Crippen LogP contribution in [0.3, 0.4) is 0 Å². The van der Waals surface area contributed by atoms with Crippen molar-refractivity contribution in [3.8, 4) is 0 Å². The first-order valence-corrected chi connectivity index (χ1v) is 11.0. The maximum atomic E-state index is 13.4. The molecule has 0 aromatic carbocycles. The Balaban J connectivity index is 2.30. The number of aliphatic hydroxyl groups excluding tert-OH is 1. The Morgan fingerprint density at radius 2 is 1.83 bits per heavy atom. The van der Waals surface area contributed by atoms with E-state index < -0.39 is 17.9 Å². The summed E-state index contributed by atoms with van der Waals surface area (Å²) in [6.07, 6.45) is 8.10. The monoisotopic (exact) mass is 407 g/mol. The molecule has 2 aliphatic rings. The predicted molar refractivity (Wildman–Crippen MR) is 112 cm³/mol. The first kappa shape index (κ1) is 23.4. The Morgan fingerprint density at radius 3 is 2.41 bits per heavy atom. The number of likely N-dealkylation sites (tertiary alicyclic amines) is 1. The van der Waals surface area contributed by atoms with Gasteiger partial charge in [-0.1, -0.05) is 31.9 Å². The summed E-state index contributed by atoms with van der Waals surface area (Å²) in [4.78, 5) is 40.8. The van der Waals surface area contributed by atoms with Gasteiger partial charge in [0, 0.05) is 32.2 Å². The maximum Gasteiger partial charge on any atom is 0.243 e. The van der Waals surface area contributed by atoms with Gasteiger partial charge in [-0.3, -0.25) is 14.4 Å². The number of allylic oxidation sites excluding steroid dienone is 1. The summed E-state index contributed by atoms with van der Waals surface area (Å²) in [5.74, 6) is -1.59. The van der Waals surface area contributed by atoms with Crippen molar-refractivity contribution < 1.29 is 19.5 Å². The molecule has 0 spiro atoms. The zero-order valence-electron chi connectivity index (χ0n) is 18.2. The summed E-state index contributed by atoms with van der Waals surface area (Å²) in [6.45, 7) is 6.50. The van der Waals surface area contributed by atoms with Gasteiger partial charge >= 0.3 is 0 Å². The van der Waals surface area contributed by atoms with Crippen molar-refractivity contribution in [1.82, 2.24) is 15.5 Å². The Kier molecular flexibility index (Phi) is 8.68. The van der Waals surface area contributed by atoms with E-state index in [-0.39, 0.29) is 42.2 Å². The number of rotatable bonds is 10. The molecule has 0 unspecified atom stereocenters. The van der Waals surface area contributed by atoms with Gasteiger partial charge in [0.2, 0.25) is 17.7 Å². The van der Waals surface area contributed by atoms with Crippen molar-refractivity contribution in [2.24, 2.45) is 23.7 Å². The second-order valence-corrected chi connectivity index (χ2v) is 8.48. The number of nitrogens with zero attached hydrogens (tertiary/aromatic N) is 1. The molecule has 1 fully saturated rings. The molecule has 3 N–H and O–H groups in total. The highest BCUT2D eigenvalue weighted by Gasteiger charge is 2.56. The lowest BCUT2D eigenvalue weighted by molar-refractivity contribution is -0.140. The average molecular weight is 408 g/mol. The summed E-state index contributed by atoms with van der Waals surface area (Å²) < 4.78 is 0. The Bertz CT molecular complexity index is 619. The standard InChI is InChI=1S/C22H37N3O4/c1-5-15-10-11-16-18(17(15)20(27)23-4)22(29)25(12-8-6-7-9-13-26)19(16)21(28)24-14(2)3/h10-11,14-19,26H,5-9,12-13H2,1-4H3,(H,23,27)(H,24,28)/t15-,16+,17-,18+,19+/m1/s1. The van der Waals surface area contributed by atoms with Crippen LogP contribution in [0.2, 0.25) is 0 Å². The van der Waals surface area contributed by atoms with Gasteiger partial charge in [-0.15, -0.1) is 0 Å². The van der Waals surface area contributed by atoms with E-state index in [1.54, 1.807) is 11.9 Å². The fourth-order valence-corrected chi connectivity index (χ4v) is 4.77. The SMILES string of the molecule is CC[C@@H]1C=C[C@H]2[C@H](C(=O)N(CCCCCCO)[C@@H]2C(=O)NC(C)C)[C@@H]1C(=O)NC. The van der Waals surface area contributed by atoms with Crippen LogP contribution in [-0.2, 0) is 14.4 Å². The smallest absolute Gasteiger partial charge is 0.243 e. The molecule has 0 saturated carbocycles. The number of nitrogens with one attached hydrogen (secondary N) is 2. The molecule has 5 atom stereocenters. The first-order chi connectivity index (χ1) is 13.9. The van der Waals surface area contributed by atoms with E-state index in [2.05, 4.69) is 10.6 Å². The highest BCUT2D eigenvalue weighted by molar-refractivity contribution is 5.96. The molecule has 7 nitrogen and oxygen atoms in total. The van der Waals surface area contributed by atoms with Gasteiger partial charge in [-0.05, 0) is 39.0 Å². The zero-order chi connectivity index (χ0) is 21.6. The third kappa shape index (κ3) is 5.18. The van der Waals surface area contributed by atoms with E-state index in [4.69, 9.17) is 5.11 Å². The number of carbonyl (C=O) groups is 3. The second kappa shape index (κ2) is 10.8. The van der Waals surface area contributed by atoms with E-state index in [9.17, 15) is 14.4 Å². The van der Waals surface area contributed by atoms with E-state index in [0.717, 1.165) is 32.1 Å². The molecule has 0 bridgehead atoms. The lowest BCUT2D eigenvalue weighted by Crippen LogP contribution is -2.49. The first-order valence-electron chi connectivity index (χ1n) is 11.0. The fraction of sp³-hybridized carbons (Fsp3) is 0.773. The zero-order valence-corrected chi connectivity index (χ0v) is 18.2. The van der Waals surface area contributed by atoms with Crippen LogP contribution < -0.4 is 10.6 Å².